The van der Waals surface area contributed by atoms with E-state index in [1.54, 1.807) is 18.3 Å². The van der Waals surface area contributed by atoms with Crippen molar-refractivity contribution < 1.29 is 22.7 Å². The number of hydrogen-bond donors (Lipinski definition) is 2. The summed E-state index contributed by atoms with van der Waals surface area (Å²) in [5.41, 5.74) is 0.680. The van der Waals surface area contributed by atoms with Crippen LogP contribution in [-0.4, -0.2) is 23.9 Å². The maximum absolute atomic E-state index is 11.6. The van der Waals surface area contributed by atoms with E-state index < -0.39 is 18.9 Å². The van der Waals surface area contributed by atoms with Crippen LogP contribution >= 0.6 is 0 Å². The average Bonchev–Trinajstić information content (AvgIpc) is 2.62. The van der Waals surface area contributed by atoms with E-state index in [4.69, 9.17) is 0 Å². The van der Waals surface area contributed by atoms with Crippen LogP contribution in [0.5, 0.6) is 0 Å². The molecule has 0 saturated carbocycles. The van der Waals surface area contributed by atoms with Gasteiger partial charge in [-0.3, -0.25) is 0 Å². The molecule has 0 aliphatic heterocycles. The number of H-pyrrole nitrogens is 1. The van der Waals surface area contributed by atoms with E-state index in [1.165, 1.54) is 0 Å². The topological polar surface area (TPSA) is 54.1 Å². The lowest BCUT2D eigenvalue weighted by Gasteiger charge is -2.08. The highest BCUT2D eigenvalue weighted by Crippen LogP contribution is 2.14. The van der Waals surface area contributed by atoms with Crippen molar-refractivity contribution in [2.24, 2.45) is 0 Å². The fourth-order valence-electron chi connectivity index (χ4n) is 0.843. The predicted octanol–water partition coefficient (Wildman–Crippen LogP) is 1.80. The number of aromatic amines is 1. The summed E-state index contributed by atoms with van der Waals surface area (Å²) in [5.74, 6) is 0. The van der Waals surface area contributed by atoms with Crippen LogP contribution in [0.4, 0.5) is 18.0 Å². The normalized spacial score (nSPS) is 11.1. The fraction of sp³-hybridized carbons (Fsp3) is 0.375. The monoisotopic (exact) mass is 222 g/mol. The quantitative estimate of drug-likeness (QED) is 0.819. The number of halogens is 3. The first-order chi connectivity index (χ1) is 6.97. The molecule has 1 heterocycles. The molecule has 2 N–H and O–H groups in total. The zero-order chi connectivity index (χ0) is 11.3. The number of hydrogen-bond acceptors (Lipinski definition) is 2. The maximum Gasteiger partial charge on any atom is 0.422 e. The molecule has 1 aromatic rings. The molecule has 0 fully saturated rings. The molecule has 1 rings (SSSR count). The number of nitrogens with one attached hydrogen (secondary N) is 2. The lowest BCUT2D eigenvalue weighted by molar-refractivity contribution is -0.160. The molecule has 0 spiro atoms. The molecule has 84 valence electrons. The minimum Gasteiger partial charge on any atom is -0.440 e. The largest absolute Gasteiger partial charge is 0.440 e. The number of alkyl carbamates (subject to hydrolysis) is 1. The number of carbonyl (C=O) groups is 1. The Morgan fingerprint density at radius 3 is 2.80 bits per heavy atom. The van der Waals surface area contributed by atoms with Gasteiger partial charge in [0.25, 0.3) is 0 Å². The van der Waals surface area contributed by atoms with E-state index in [9.17, 15) is 18.0 Å². The molecular formula is C8H9F3N2O2. The van der Waals surface area contributed by atoms with E-state index in [2.05, 4.69) is 15.0 Å². The number of aromatic nitrogens is 1. The molecule has 4 nitrogen and oxygen atoms in total. The van der Waals surface area contributed by atoms with Crippen LogP contribution in [0, 0.1) is 0 Å². The maximum atomic E-state index is 11.6. The molecule has 0 bridgehead atoms. The summed E-state index contributed by atoms with van der Waals surface area (Å²) < 4.78 is 38.8. The third kappa shape index (κ3) is 4.94. The van der Waals surface area contributed by atoms with Gasteiger partial charge in [0.1, 0.15) is 0 Å². The second kappa shape index (κ2) is 4.72. The highest BCUT2D eigenvalue weighted by molar-refractivity contribution is 5.67. The summed E-state index contributed by atoms with van der Waals surface area (Å²) >= 11 is 0. The number of rotatable bonds is 3. The molecule has 0 aromatic carbocycles. The Bertz CT molecular complexity index is 308. The third-order valence-electron chi connectivity index (χ3n) is 1.45. The molecule has 0 atom stereocenters. The van der Waals surface area contributed by atoms with Crippen LogP contribution in [0.3, 0.4) is 0 Å². The Balaban J connectivity index is 2.20. The molecule has 0 saturated heterocycles. The summed E-state index contributed by atoms with van der Waals surface area (Å²) in [5, 5.41) is 2.17. The van der Waals surface area contributed by atoms with Gasteiger partial charge >= 0.3 is 12.3 Å². The van der Waals surface area contributed by atoms with E-state index in [-0.39, 0.29) is 6.54 Å². The Kier molecular flexibility index (Phi) is 3.59. The molecule has 0 unspecified atom stereocenters. The molecule has 0 aliphatic rings. The van der Waals surface area contributed by atoms with Crippen LogP contribution in [0.2, 0.25) is 0 Å². The Labute approximate surface area is 83.4 Å². The molecule has 0 radical (unpaired) electrons. The van der Waals surface area contributed by atoms with Crippen molar-refractivity contribution in [1.29, 1.82) is 0 Å². The van der Waals surface area contributed by atoms with Gasteiger partial charge in [-0.25, -0.2) is 4.79 Å². The van der Waals surface area contributed by atoms with Gasteiger partial charge in [0, 0.05) is 11.9 Å². The molecule has 15 heavy (non-hydrogen) atoms. The standard InChI is InChI=1S/C8H9F3N2O2/c9-8(10,11)5-15-7(14)13-4-6-2-1-3-12-6/h1-3,12H,4-5H2,(H,13,14). The summed E-state index contributed by atoms with van der Waals surface area (Å²) in [4.78, 5) is 13.5. The van der Waals surface area contributed by atoms with Crippen molar-refractivity contribution in [1.82, 2.24) is 10.3 Å². The average molecular weight is 222 g/mol. The summed E-state index contributed by atoms with van der Waals surface area (Å²) in [6, 6.07) is 3.39. The van der Waals surface area contributed by atoms with Gasteiger partial charge in [-0.15, -0.1) is 0 Å². The number of ether oxygens (including phenoxy) is 1. The Morgan fingerprint density at radius 2 is 2.27 bits per heavy atom. The zero-order valence-corrected chi connectivity index (χ0v) is 7.60. The predicted molar refractivity (Wildman–Crippen MR) is 45.0 cm³/mol. The van der Waals surface area contributed by atoms with Crippen molar-refractivity contribution in [2.75, 3.05) is 6.61 Å². The Morgan fingerprint density at radius 1 is 1.53 bits per heavy atom. The second-order valence-corrected chi connectivity index (χ2v) is 2.74. The lowest BCUT2D eigenvalue weighted by Crippen LogP contribution is -2.28. The van der Waals surface area contributed by atoms with Crippen LogP contribution in [0.25, 0.3) is 0 Å². The van der Waals surface area contributed by atoms with Gasteiger partial charge in [-0.2, -0.15) is 13.2 Å². The number of alkyl halides is 3. The zero-order valence-electron chi connectivity index (χ0n) is 7.60. The van der Waals surface area contributed by atoms with Crippen molar-refractivity contribution in [3.05, 3.63) is 24.0 Å². The number of amides is 1. The molecule has 7 heteroatoms. The van der Waals surface area contributed by atoms with Crippen LogP contribution in [0.15, 0.2) is 18.3 Å². The van der Waals surface area contributed by atoms with Crippen LogP contribution < -0.4 is 5.32 Å². The molecule has 0 aliphatic carbocycles. The molecular weight excluding hydrogens is 213 g/mol. The van der Waals surface area contributed by atoms with Crippen LogP contribution in [-0.2, 0) is 11.3 Å². The fourth-order valence-corrected chi connectivity index (χ4v) is 0.843. The van der Waals surface area contributed by atoms with E-state index >= 15 is 0 Å². The first-order valence-electron chi connectivity index (χ1n) is 4.07. The first kappa shape index (κ1) is 11.4. The first-order valence-corrected chi connectivity index (χ1v) is 4.07. The van der Waals surface area contributed by atoms with Gasteiger partial charge in [-0.05, 0) is 12.1 Å². The van der Waals surface area contributed by atoms with E-state index in [1.807, 2.05) is 0 Å². The number of carbonyl (C=O) groups excluding carboxylic acids is 1. The molecule has 1 aromatic heterocycles. The molecule has 1 amide bonds. The van der Waals surface area contributed by atoms with Crippen molar-refractivity contribution in [3.63, 3.8) is 0 Å². The van der Waals surface area contributed by atoms with Gasteiger partial charge < -0.3 is 15.0 Å². The smallest absolute Gasteiger partial charge is 0.422 e. The van der Waals surface area contributed by atoms with Gasteiger partial charge in [0.15, 0.2) is 6.61 Å². The second-order valence-electron chi connectivity index (χ2n) is 2.74. The van der Waals surface area contributed by atoms with E-state index in [0.717, 1.165) is 0 Å². The van der Waals surface area contributed by atoms with Crippen molar-refractivity contribution in [3.8, 4) is 0 Å². The Hall–Kier alpha value is -1.66. The van der Waals surface area contributed by atoms with Crippen LogP contribution in [0.1, 0.15) is 5.69 Å². The minimum absolute atomic E-state index is 0.101. The van der Waals surface area contributed by atoms with Gasteiger partial charge in [-0.1, -0.05) is 0 Å². The lowest BCUT2D eigenvalue weighted by atomic mass is 10.4. The van der Waals surface area contributed by atoms with Crippen molar-refractivity contribution in [2.45, 2.75) is 12.7 Å². The van der Waals surface area contributed by atoms with Crippen molar-refractivity contribution >= 4 is 6.09 Å². The van der Waals surface area contributed by atoms with Gasteiger partial charge in [0.05, 0.1) is 6.54 Å². The summed E-state index contributed by atoms with van der Waals surface area (Å²) in [6.45, 7) is -1.48. The highest BCUT2D eigenvalue weighted by atomic mass is 19.4. The summed E-state index contributed by atoms with van der Waals surface area (Å²) in [6.07, 6.45) is -3.95. The van der Waals surface area contributed by atoms with E-state index in [0.29, 0.717) is 5.69 Å². The van der Waals surface area contributed by atoms with Gasteiger partial charge in [0.2, 0.25) is 0 Å². The SMILES string of the molecule is O=C(NCc1ccc[nH]1)OCC(F)(F)F. The highest BCUT2D eigenvalue weighted by Gasteiger charge is 2.29. The third-order valence-corrected chi connectivity index (χ3v) is 1.45. The summed E-state index contributed by atoms with van der Waals surface area (Å²) in [7, 11) is 0. The minimum atomic E-state index is -4.50.